The highest BCUT2D eigenvalue weighted by Gasteiger charge is 2.06. The molecule has 0 heterocycles. The van der Waals surface area contributed by atoms with Crippen LogP contribution in [-0.4, -0.2) is 25.2 Å². The summed E-state index contributed by atoms with van der Waals surface area (Å²) in [5.74, 6) is 0.0322. The summed E-state index contributed by atoms with van der Waals surface area (Å²) in [4.78, 5) is 11.6. The van der Waals surface area contributed by atoms with Crippen LogP contribution in [0, 0.1) is 0 Å². The highest BCUT2D eigenvalue weighted by molar-refractivity contribution is 5.76. The van der Waals surface area contributed by atoms with Gasteiger partial charge in [-0.05, 0) is 31.9 Å². The number of aryl methyl sites for hydroxylation is 1. The van der Waals surface area contributed by atoms with Gasteiger partial charge in [0.2, 0.25) is 5.91 Å². The smallest absolute Gasteiger partial charge is 0.220 e. The number of rotatable bonds is 7. The molecule has 1 unspecified atom stereocenters. The summed E-state index contributed by atoms with van der Waals surface area (Å²) in [7, 11) is 0. The molecule has 0 saturated heterocycles. The fourth-order valence-electron chi connectivity index (χ4n) is 1.70. The van der Waals surface area contributed by atoms with E-state index in [1.165, 1.54) is 0 Å². The van der Waals surface area contributed by atoms with E-state index in [0.29, 0.717) is 26.0 Å². The zero-order valence-corrected chi connectivity index (χ0v) is 11.1. The molecule has 0 aromatic heterocycles. The van der Waals surface area contributed by atoms with Gasteiger partial charge >= 0.3 is 0 Å². The summed E-state index contributed by atoms with van der Waals surface area (Å²) in [5, 5.41) is 2.85. The summed E-state index contributed by atoms with van der Waals surface area (Å²) in [6.07, 6.45) is 1.18. The van der Waals surface area contributed by atoms with Crippen LogP contribution >= 0.6 is 0 Å². The molecule has 1 atom stereocenters. The standard InChI is InChI=1S/C14H22N2O2/c1-3-18-11(2)10-16-14(17)9-8-12-6-4-5-7-13(12)15/h4-7,11H,3,8-10,15H2,1-2H3,(H,16,17). The molecule has 0 radical (unpaired) electrons. The Morgan fingerprint density at radius 3 is 2.83 bits per heavy atom. The van der Waals surface area contributed by atoms with E-state index in [1.807, 2.05) is 38.1 Å². The van der Waals surface area contributed by atoms with Crippen molar-refractivity contribution in [1.82, 2.24) is 5.32 Å². The van der Waals surface area contributed by atoms with Crippen LogP contribution in [0.2, 0.25) is 0 Å². The monoisotopic (exact) mass is 250 g/mol. The molecule has 0 spiro atoms. The second kappa shape index (κ2) is 7.71. The topological polar surface area (TPSA) is 64.3 Å². The van der Waals surface area contributed by atoms with Crippen molar-refractivity contribution in [2.75, 3.05) is 18.9 Å². The first-order valence-corrected chi connectivity index (χ1v) is 6.35. The predicted molar refractivity (Wildman–Crippen MR) is 73.3 cm³/mol. The lowest BCUT2D eigenvalue weighted by molar-refractivity contribution is -0.121. The summed E-state index contributed by atoms with van der Waals surface area (Å²) in [5.41, 5.74) is 7.58. The number of ether oxygens (including phenoxy) is 1. The molecule has 100 valence electrons. The predicted octanol–water partition coefficient (Wildman–Crippen LogP) is 1.74. The van der Waals surface area contributed by atoms with E-state index in [-0.39, 0.29) is 12.0 Å². The summed E-state index contributed by atoms with van der Waals surface area (Å²) in [6, 6.07) is 7.62. The number of amides is 1. The maximum atomic E-state index is 11.6. The number of carbonyl (C=O) groups excluding carboxylic acids is 1. The molecule has 0 saturated carbocycles. The van der Waals surface area contributed by atoms with Gasteiger partial charge in [-0.15, -0.1) is 0 Å². The first kappa shape index (κ1) is 14.5. The second-order valence-electron chi connectivity index (χ2n) is 4.27. The van der Waals surface area contributed by atoms with Gasteiger partial charge in [0.25, 0.3) is 0 Å². The first-order chi connectivity index (χ1) is 8.63. The van der Waals surface area contributed by atoms with Gasteiger partial charge in [-0.25, -0.2) is 0 Å². The van der Waals surface area contributed by atoms with E-state index in [1.54, 1.807) is 0 Å². The summed E-state index contributed by atoms with van der Waals surface area (Å²) >= 11 is 0. The molecule has 3 N–H and O–H groups in total. The fourth-order valence-corrected chi connectivity index (χ4v) is 1.70. The van der Waals surface area contributed by atoms with Crippen LogP contribution in [0.4, 0.5) is 5.69 Å². The van der Waals surface area contributed by atoms with Gasteiger partial charge in [-0.1, -0.05) is 18.2 Å². The van der Waals surface area contributed by atoms with Gasteiger partial charge < -0.3 is 15.8 Å². The molecule has 1 amide bonds. The van der Waals surface area contributed by atoms with Gasteiger partial charge in [-0.3, -0.25) is 4.79 Å². The summed E-state index contributed by atoms with van der Waals surface area (Å²) in [6.45, 7) is 5.10. The van der Waals surface area contributed by atoms with Crippen LogP contribution in [-0.2, 0) is 16.0 Å². The molecule has 4 heteroatoms. The quantitative estimate of drug-likeness (QED) is 0.724. The third-order valence-corrected chi connectivity index (χ3v) is 2.71. The number of anilines is 1. The van der Waals surface area contributed by atoms with Crippen LogP contribution in [0.25, 0.3) is 0 Å². The lowest BCUT2D eigenvalue weighted by Gasteiger charge is -2.12. The molecule has 18 heavy (non-hydrogen) atoms. The van der Waals surface area contributed by atoms with E-state index in [0.717, 1.165) is 11.3 Å². The van der Waals surface area contributed by atoms with Crippen molar-refractivity contribution in [2.24, 2.45) is 0 Å². The van der Waals surface area contributed by atoms with Crippen molar-refractivity contribution in [3.8, 4) is 0 Å². The largest absolute Gasteiger partial charge is 0.399 e. The van der Waals surface area contributed by atoms with Crippen molar-refractivity contribution >= 4 is 11.6 Å². The zero-order chi connectivity index (χ0) is 13.4. The van der Waals surface area contributed by atoms with E-state index in [2.05, 4.69) is 5.32 Å². The Kier molecular flexibility index (Phi) is 6.22. The van der Waals surface area contributed by atoms with Crippen molar-refractivity contribution in [3.05, 3.63) is 29.8 Å². The molecular formula is C14H22N2O2. The molecule has 0 fully saturated rings. The van der Waals surface area contributed by atoms with E-state index >= 15 is 0 Å². The third-order valence-electron chi connectivity index (χ3n) is 2.71. The van der Waals surface area contributed by atoms with Crippen molar-refractivity contribution < 1.29 is 9.53 Å². The number of para-hydroxylation sites is 1. The minimum absolute atomic E-state index is 0.0322. The maximum absolute atomic E-state index is 11.6. The zero-order valence-electron chi connectivity index (χ0n) is 11.1. The Morgan fingerprint density at radius 1 is 1.44 bits per heavy atom. The molecule has 0 aliphatic carbocycles. The average Bonchev–Trinajstić information content (AvgIpc) is 2.36. The van der Waals surface area contributed by atoms with Gasteiger partial charge in [0, 0.05) is 25.3 Å². The average molecular weight is 250 g/mol. The van der Waals surface area contributed by atoms with E-state index < -0.39 is 0 Å². The Labute approximate surface area is 109 Å². The number of carbonyl (C=O) groups is 1. The van der Waals surface area contributed by atoms with Crippen molar-refractivity contribution in [3.63, 3.8) is 0 Å². The molecule has 4 nitrogen and oxygen atoms in total. The number of nitrogens with one attached hydrogen (secondary N) is 1. The third kappa shape index (κ3) is 5.19. The minimum atomic E-state index is 0.0322. The van der Waals surface area contributed by atoms with Crippen LogP contribution in [0.15, 0.2) is 24.3 Å². The van der Waals surface area contributed by atoms with Crippen LogP contribution in [0.1, 0.15) is 25.8 Å². The van der Waals surface area contributed by atoms with Crippen LogP contribution in [0.3, 0.4) is 0 Å². The molecule has 0 aliphatic rings. The fraction of sp³-hybridized carbons (Fsp3) is 0.500. The Hall–Kier alpha value is -1.55. The highest BCUT2D eigenvalue weighted by Crippen LogP contribution is 2.12. The van der Waals surface area contributed by atoms with Gasteiger partial charge in [0.1, 0.15) is 0 Å². The lowest BCUT2D eigenvalue weighted by atomic mass is 10.1. The second-order valence-corrected chi connectivity index (χ2v) is 4.27. The molecule has 0 aliphatic heterocycles. The number of hydrogen-bond acceptors (Lipinski definition) is 3. The lowest BCUT2D eigenvalue weighted by Crippen LogP contribution is -2.32. The van der Waals surface area contributed by atoms with Crippen LogP contribution in [0.5, 0.6) is 0 Å². The molecule has 1 aromatic rings. The normalized spacial score (nSPS) is 12.1. The van der Waals surface area contributed by atoms with Crippen LogP contribution < -0.4 is 11.1 Å². The number of nitrogens with two attached hydrogens (primary N) is 1. The molecular weight excluding hydrogens is 228 g/mol. The van der Waals surface area contributed by atoms with Crippen molar-refractivity contribution in [2.45, 2.75) is 32.8 Å². The minimum Gasteiger partial charge on any atom is -0.399 e. The van der Waals surface area contributed by atoms with Gasteiger partial charge in [-0.2, -0.15) is 0 Å². The van der Waals surface area contributed by atoms with Gasteiger partial charge in [0.15, 0.2) is 0 Å². The Bertz CT molecular complexity index is 380. The molecule has 1 aromatic carbocycles. The summed E-state index contributed by atoms with van der Waals surface area (Å²) < 4.78 is 5.34. The Balaban J connectivity index is 2.27. The SMILES string of the molecule is CCOC(C)CNC(=O)CCc1ccccc1N. The number of benzene rings is 1. The van der Waals surface area contributed by atoms with Gasteiger partial charge in [0.05, 0.1) is 6.10 Å². The maximum Gasteiger partial charge on any atom is 0.220 e. The molecule has 0 bridgehead atoms. The molecule has 1 rings (SSSR count). The van der Waals surface area contributed by atoms with Crippen molar-refractivity contribution in [1.29, 1.82) is 0 Å². The number of nitrogen functional groups attached to an aromatic ring is 1. The number of hydrogen-bond donors (Lipinski definition) is 2. The van der Waals surface area contributed by atoms with E-state index in [4.69, 9.17) is 10.5 Å². The Morgan fingerprint density at radius 2 is 2.17 bits per heavy atom. The van der Waals surface area contributed by atoms with E-state index in [9.17, 15) is 4.79 Å². The highest BCUT2D eigenvalue weighted by atomic mass is 16.5. The first-order valence-electron chi connectivity index (χ1n) is 6.35.